The van der Waals surface area contributed by atoms with Crippen molar-refractivity contribution in [1.82, 2.24) is 14.7 Å². The molecule has 0 radical (unpaired) electrons. The highest BCUT2D eigenvalue weighted by Gasteiger charge is 2.20. The number of hydrogen-bond acceptors (Lipinski definition) is 2. The third kappa shape index (κ3) is 2.00. The molecular weight excluding hydrogens is 278 g/mol. The van der Waals surface area contributed by atoms with Gasteiger partial charge in [-0.05, 0) is 54.4 Å². The Bertz CT molecular complexity index is 541. The van der Waals surface area contributed by atoms with Crippen molar-refractivity contribution in [3.8, 4) is 0 Å². The second kappa shape index (κ2) is 4.42. The first-order valence-corrected chi connectivity index (χ1v) is 6.90. The van der Waals surface area contributed by atoms with E-state index in [0.717, 1.165) is 23.2 Å². The zero-order chi connectivity index (χ0) is 11.8. The lowest BCUT2D eigenvalue weighted by atomic mass is 9.95. The summed E-state index contributed by atoms with van der Waals surface area (Å²) in [5, 5.41) is 3.46. The Hall–Kier alpha value is -0.870. The normalized spacial score (nSPS) is 20.9. The number of nitrogens with zero attached hydrogens (tertiary/aromatic N) is 2. The molecule has 1 unspecified atom stereocenters. The standard InChI is InChI=1S/C13H16BrN3/c1-9-13(10-3-2-6-15-7-10)16-12-5-4-11(14)8-17(9)12/h4-5,8,10,15H,2-3,6-7H2,1H3. The Morgan fingerprint density at radius 1 is 1.47 bits per heavy atom. The third-order valence-corrected chi connectivity index (χ3v) is 4.01. The number of aryl methyl sites for hydroxylation is 1. The van der Waals surface area contributed by atoms with E-state index in [2.05, 4.69) is 44.8 Å². The van der Waals surface area contributed by atoms with E-state index in [4.69, 9.17) is 4.98 Å². The minimum atomic E-state index is 0.572. The summed E-state index contributed by atoms with van der Waals surface area (Å²) >= 11 is 3.51. The number of piperidine rings is 1. The molecule has 4 heteroatoms. The van der Waals surface area contributed by atoms with Gasteiger partial charge in [0, 0.05) is 28.8 Å². The molecule has 1 N–H and O–H groups in total. The van der Waals surface area contributed by atoms with Crippen molar-refractivity contribution < 1.29 is 0 Å². The summed E-state index contributed by atoms with van der Waals surface area (Å²) in [5.74, 6) is 0.572. The lowest BCUT2D eigenvalue weighted by Gasteiger charge is -2.21. The zero-order valence-electron chi connectivity index (χ0n) is 9.91. The lowest BCUT2D eigenvalue weighted by molar-refractivity contribution is 0.454. The van der Waals surface area contributed by atoms with Gasteiger partial charge in [0.15, 0.2) is 0 Å². The molecule has 1 aliphatic rings. The second-order valence-electron chi connectivity index (χ2n) is 4.70. The topological polar surface area (TPSA) is 29.3 Å². The molecule has 3 nitrogen and oxygen atoms in total. The Kier molecular flexibility index (Phi) is 2.92. The highest BCUT2D eigenvalue weighted by atomic mass is 79.9. The Morgan fingerprint density at radius 2 is 2.35 bits per heavy atom. The zero-order valence-corrected chi connectivity index (χ0v) is 11.5. The van der Waals surface area contributed by atoms with E-state index in [1.165, 1.54) is 24.2 Å². The number of rotatable bonds is 1. The number of aromatic nitrogens is 2. The number of halogens is 1. The molecule has 3 heterocycles. The molecule has 2 aromatic rings. The van der Waals surface area contributed by atoms with Gasteiger partial charge in [-0.15, -0.1) is 0 Å². The predicted molar refractivity (Wildman–Crippen MR) is 72.5 cm³/mol. The Morgan fingerprint density at radius 3 is 3.12 bits per heavy atom. The van der Waals surface area contributed by atoms with E-state index in [0.29, 0.717) is 5.92 Å². The van der Waals surface area contributed by atoms with Crippen LogP contribution in [0.1, 0.15) is 30.1 Å². The highest BCUT2D eigenvalue weighted by molar-refractivity contribution is 9.10. The molecule has 0 aromatic carbocycles. The van der Waals surface area contributed by atoms with E-state index in [-0.39, 0.29) is 0 Å². The smallest absolute Gasteiger partial charge is 0.137 e. The minimum absolute atomic E-state index is 0.572. The summed E-state index contributed by atoms with van der Waals surface area (Å²) in [5.41, 5.74) is 3.58. The van der Waals surface area contributed by atoms with Crippen LogP contribution in [-0.2, 0) is 0 Å². The monoisotopic (exact) mass is 293 g/mol. The quantitative estimate of drug-likeness (QED) is 0.876. The van der Waals surface area contributed by atoms with Crippen molar-refractivity contribution in [1.29, 1.82) is 0 Å². The molecule has 0 aliphatic carbocycles. The number of fused-ring (bicyclic) bond motifs is 1. The van der Waals surface area contributed by atoms with Crippen LogP contribution in [-0.4, -0.2) is 22.5 Å². The van der Waals surface area contributed by atoms with Crippen LogP contribution < -0.4 is 5.32 Å². The van der Waals surface area contributed by atoms with Crippen LogP contribution >= 0.6 is 15.9 Å². The summed E-state index contributed by atoms with van der Waals surface area (Å²) in [7, 11) is 0. The average molecular weight is 294 g/mol. The van der Waals surface area contributed by atoms with Gasteiger partial charge in [-0.3, -0.25) is 0 Å². The Labute approximate surface area is 109 Å². The van der Waals surface area contributed by atoms with Gasteiger partial charge in [-0.2, -0.15) is 0 Å². The molecule has 1 aliphatic heterocycles. The fraction of sp³-hybridized carbons (Fsp3) is 0.462. The number of pyridine rings is 1. The summed E-state index contributed by atoms with van der Waals surface area (Å²) in [4.78, 5) is 4.78. The maximum Gasteiger partial charge on any atom is 0.137 e. The van der Waals surface area contributed by atoms with Gasteiger partial charge in [0.2, 0.25) is 0 Å². The van der Waals surface area contributed by atoms with Crippen molar-refractivity contribution in [2.45, 2.75) is 25.7 Å². The molecule has 0 saturated carbocycles. The molecule has 1 fully saturated rings. The van der Waals surface area contributed by atoms with E-state index in [9.17, 15) is 0 Å². The van der Waals surface area contributed by atoms with Crippen molar-refractivity contribution in [3.05, 3.63) is 34.2 Å². The van der Waals surface area contributed by atoms with Gasteiger partial charge < -0.3 is 9.72 Å². The first-order valence-electron chi connectivity index (χ1n) is 6.10. The average Bonchev–Trinajstić information content (AvgIpc) is 2.68. The fourth-order valence-electron chi connectivity index (χ4n) is 2.63. The van der Waals surface area contributed by atoms with E-state index >= 15 is 0 Å². The fourth-order valence-corrected chi connectivity index (χ4v) is 2.96. The van der Waals surface area contributed by atoms with Crippen LogP contribution in [0.4, 0.5) is 0 Å². The van der Waals surface area contributed by atoms with Crippen LogP contribution in [0.3, 0.4) is 0 Å². The van der Waals surface area contributed by atoms with Crippen LogP contribution in [0.15, 0.2) is 22.8 Å². The number of imidazole rings is 1. The van der Waals surface area contributed by atoms with E-state index < -0.39 is 0 Å². The maximum absolute atomic E-state index is 4.78. The largest absolute Gasteiger partial charge is 0.316 e. The molecule has 1 atom stereocenters. The van der Waals surface area contributed by atoms with Gasteiger partial charge in [-0.25, -0.2) is 4.98 Å². The molecule has 0 spiro atoms. The maximum atomic E-state index is 4.78. The molecule has 3 rings (SSSR count). The SMILES string of the molecule is Cc1c(C2CCCNC2)nc2ccc(Br)cn12. The van der Waals surface area contributed by atoms with E-state index in [1.54, 1.807) is 0 Å². The van der Waals surface area contributed by atoms with Crippen molar-refractivity contribution in [2.24, 2.45) is 0 Å². The molecule has 0 amide bonds. The molecule has 90 valence electrons. The third-order valence-electron chi connectivity index (χ3n) is 3.54. The second-order valence-corrected chi connectivity index (χ2v) is 5.62. The van der Waals surface area contributed by atoms with Gasteiger partial charge >= 0.3 is 0 Å². The molecule has 1 saturated heterocycles. The van der Waals surface area contributed by atoms with Crippen LogP contribution in [0.25, 0.3) is 5.65 Å². The van der Waals surface area contributed by atoms with Crippen LogP contribution in [0.5, 0.6) is 0 Å². The molecule has 17 heavy (non-hydrogen) atoms. The van der Waals surface area contributed by atoms with Gasteiger partial charge in [-0.1, -0.05) is 0 Å². The molecular formula is C13H16BrN3. The summed E-state index contributed by atoms with van der Waals surface area (Å²) in [6.07, 6.45) is 4.60. The molecule has 2 aromatic heterocycles. The van der Waals surface area contributed by atoms with Crippen LogP contribution in [0.2, 0.25) is 0 Å². The lowest BCUT2D eigenvalue weighted by Crippen LogP contribution is -2.28. The van der Waals surface area contributed by atoms with Gasteiger partial charge in [0.1, 0.15) is 5.65 Å². The molecule has 0 bridgehead atoms. The van der Waals surface area contributed by atoms with Crippen molar-refractivity contribution in [2.75, 3.05) is 13.1 Å². The van der Waals surface area contributed by atoms with E-state index in [1.807, 2.05) is 6.07 Å². The summed E-state index contributed by atoms with van der Waals surface area (Å²) in [6.45, 7) is 4.37. The number of nitrogens with one attached hydrogen (secondary N) is 1. The van der Waals surface area contributed by atoms with Crippen molar-refractivity contribution in [3.63, 3.8) is 0 Å². The summed E-state index contributed by atoms with van der Waals surface area (Å²) < 4.78 is 3.27. The van der Waals surface area contributed by atoms with Crippen LogP contribution in [0, 0.1) is 6.92 Å². The van der Waals surface area contributed by atoms with Gasteiger partial charge in [0.25, 0.3) is 0 Å². The predicted octanol–water partition coefficient (Wildman–Crippen LogP) is 2.87. The summed E-state index contributed by atoms with van der Waals surface area (Å²) in [6, 6.07) is 4.11. The van der Waals surface area contributed by atoms with Crippen molar-refractivity contribution >= 4 is 21.6 Å². The minimum Gasteiger partial charge on any atom is -0.316 e. The highest BCUT2D eigenvalue weighted by Crippen LogP contribution is 2.26. The number of hydrogen-bond donors (Lipinski definition) is 1. The first kappa shape index (κ1) is 11.2. The first-order chi connectivity index (χ1) is 8.25. The van der Waals surface area contributed by atoms with Gasteiger partial charge in [0.05, 0.1) is 5.69 Å². The Balaban J connectivity index is 2.07.